The maximum atomic E-state index is 11.5. The second-order valence-corrected chi connectivity index (χ2v) is 4.67. The van der Waals surface area contributed by atoms with Crippen LogP contribution in [0.3, 0.4) is 0 Å². The van der Waals surface area contributed by atoms with Crippen molar-refractivity contribution in [2.45, 2.75) is 19.8 Å². The van der Waals surface area contributed by atoms with Gasteiger partial charge in [0, 0.05) is 32.6 Å². The van der Waals surface area contributed by atoms with Crippen molar-refractivity contribution in [3.05, 3.63) is 29.8 Å². The van der Waals surface area contributed by atoms with Gasteiger partial charge in [-0.3, -0.25) is 4.79 Å². The molecule has 1 aromatic carbocycles. The summed E-state index contributed by atoms with van der Waals surface area (Å²) in [7, 11) is 1.66. The number of methoxy groups -OCH3 is 1. The number of aryl methyl sites for hydroxylation is 1. The van der Waals surface area contributed by atoms with Crippen molar-refractivity contribution in [3.63, 3.8) is 0 Å². The smallest absolute Gasteiger partial charge is 0.307 e. The third-order valence-electron chi connectivity index (χ3n) is 2.92. The summed E-state index contributed by atoms with van der Waals surface area (Å²) in [6.45, 7) is 4.64. The van der Waals surface area contributed by atoms with Crippen LogP contribution in [0.2, 0.25) is 0 Å². The molecule has 21 heavy (non-hydrogen) atoms. The van der Waals surface area contributed by atoms with E-state index in [0.29, 0.717) is 39.4 Å². The van der Waals surface area contributed by atoms with Crippen LogP contribution in [-0.4, -0.2) is 46.1 Å². The molecule has 0 bridgehead atoms. The number of benzene rings is 1. The molecule has 0 saturated carbocycles. The summed E-state index contributed by atoms with van der Waals surface area (Å²) < 4.78 is 15.3. The Bertz CT molecular complexity index is 409. The molecular weight excluding hydrogens is 270 g/mol. The minimum absolute atomic E-state index is 0.212. The first-order chi connectivity index (χ1) is 10.2. The lowest BCUT2D eigenvalue weighted by Gasteiger charge is -2.09. The van der Waals surface area contributed by atoms with Gasteiger partial charge >= 0.3 is 5.97 Å². The Hall–Kier alpha value is -1.59. The monoisotopic (exact) mass is 295 g/mol. The number of hydrogen-bond acceptors (Lipinski definition) is 5. The molecule has 118 valence electrons. The number of rotatable bonds is 11. The molecule has 0 aromatic heterocycles. The van der Waals surface area contributed by atoms with E-state index in [1.807, 2.05) is 31.2 Å². The maximum absolute atomic E-state index is 11.5. The number of carbonyl (C=O) groups excluding carboxylic acids is 1. The molecule has 1 rings (SSSR count). The van der Waals surface area contributed by atoms with Gasteiger partial charge in [0.05, 0.1) is 13.0 Å². The molecule has 1 aromatic rings. The summed E-state index contributed by atoms with van der Waals surface area (Å²) in [5.41, 5.74) is 2.21. The Kier molecular flexibility index (Phi) is 9.24. The number of esters is 1. The predicted molar refractivity (Wildman–Crippen MR) is 82.6 cm³/mol. The second-order valence-electron chi connectivity index (χ2n) is 4.67. The zero-order valence-electron chi connectivity index (χ0n) is 12.9. The molecule has 0 aliphatic carbocycles. The van der Waals surface area contributed by atoms with Crippen LogP contribution in [-0.2, 0) is 19.0 Å². The Balaban J connectivity index is 2.00. The van der Waals surface area contributed by atoms with Gasteiger partial charge in [0.1, 0.15) is 6.61 Å². The fraction of sp³-hybridized carbons (Fsp3) is 0.562. The van der Waals surface area contributed by atoms with Gasteiger partial charge in [-0.1, -0.05) is 18.2 Å². The Morgan fingerprint density at radius 1 is 1.14 bits per heavy atom. The fourth-order valence-corrected chi connectivity index (χ4v) is 1.76. The lowest BCUT2D eigenvalue weighted by Crippen LogP contribution is -2.15. The normalized spacial score (nSPS) is 10.4. The van der Waals surface area contributed by atoms with E-state index in [1.165, 1.54) is 0 Å². The van der Waals surface area contributed by atoms with Crippen molar-refractivity contribution < 1.29 is 19.0 Å². The van der Waals surface area contributed by atoms with Gasteiger partial charge in [0.25, 0.3) is 0 Å². The highest BCUT2D eigenvalue weighted by molar-refractivity contribution is 5.70. The first-order valence-corrected chi connectivity index (χ1v) is 7.26. The number of anilines is 1. The van der Waals surface area contributed by atoms with E-state index in [9.17, 15) is 4.79 Å². The summed E-state index contributed by atoms with van der Waals surface area (Å²) in [5, 5.41) is 3.22. The largest absolute Gasteiger partial charge is 0.463 e. The molecule has 5 nitrogen and oxygen atoms in total. The highest BCUT2D eigenvalue weighted by atomic mass is 16.6. The van der Waals surface area contributed by atoms with E-state index in [2.05, 4.69) is 5.32 Å². The van der Waals surface area contributed by atoms with Crippen LogP contribution in [0.1, 0.15) is 18.4 Å². The zero-order chi connectivity index (χ0) is 15.3. The molecule has 0 spiro atoms. The average molecular weight is 295 g/mol. The number of ether oxygens (including phenoxy) is 3. The van der Waals surface area contributed by atoms with E-state index < -0.39 is 0 Å². The molecule has 0 aliphatic rings. The van der Waals surface area contributed by atoms with Crippen molar-refractivity contribution in [1.29, 1.82) is 0 Å². The molecule has 0 amide bonds. The number of nitrogens with one attached hydrogen (secondary N) is 1. The van der Waals surface area contributed by atoms with Crippen LogP contribution < -0.4 is 5.32 Å². The van der Waals surface area contributed by atoms with Crippen LogP contribution >= 0.6 is 0 Å². The molecule has 0 aliphatic heterocycles. The fourth-order valence-electron chi connectivity index (χ4n) is 1.76. The first kappa shape index (κ1) is 17.5. The van der Waals surface area contributed by atoms with Crippen LogP contribution in [0.4, 0.5) is 5.69 Å². The second kappa shape index (κ2) is 11.1. The standard InChI is InChI=1S/C16H25NO4/c1-14-6-3-4-7-15(14)17-9-8-16(18)21-13-12-20-11-5-10-19-2/h3-4,6-7,17H,5,8-13H2,1-2H3. The molecule has 0 heterocycles. The summed E-state index contributed by atoms with van der Waals surface area (Å²) in [6, 6.07) is 7.98. The third-order valence-corrected chi connectivity index (χ3v) is 2.92. The third kappa shape index (κ3) is 8.32. The summed E-state index contributed by atoms with van der Waals surface area (Å²) in [4.78, 5) is 11.5. The van der Waals surface area contributed by atoms with Crippen molar-refractivity contribution in [2.24, 2.45) is 0 Å². The lowest BCUT2D eigenvalue weighted by atomic mass is 10.2. The van der Waals surface area contributed by atoms with Crippen molar-refractivity contribution >= 4 is 11.7 Å². The highest BCUT2D eigenvalue weighted by Gasteiger charge is 2.03. The zero-order valence-corrected chi connectivity index (χ0v) is 12.9. The Labute approximate surface area is 126 Å². The van der Waals surface area contributed by atoms with Gasteiger partial charge in [-0.2, -0.15) is 0 Å². The molecule has 1 N–H and O–H groups in total. The SMILES string of the molecule is COCCCOCCOC(=O)CCNc1ccccc1C. The Morgan fingerprint density at radius 3 is 2.71 bits per heavy atom. The van der Waals surface area contributed by atoms with E-state index in [4.69, 9.17) is 14.2 Å². The van der Waals surface area contributed by atoms with E-state index >= 15 is 0 Å². The average Bonchev–Trinajstić information content (AvgIpc) is 2.48. The van der Waals surface area contributed by atoms with Gasteiger partial charge in [0.15, 0.2) is 0 Å². The number of hydrogen-bond donors (Lipinski definition) is 1. The van der Waals surface area contributed by atoms with Gasteiger partial charge in [0.2, 0.25) is 0 Å². The van der Waals surface area contributed by atoms with Crippen LogP contribution in [0.25, 0.3) is 0 Å². The minimum Gasteiger partial charge on any atom is -0.463 e. The maximum Gasteiger partial charge on any atom is 0.307 e. The molecule has 0 unspecified atom stereocenters. The molecule has 0 atom stereocenters. The van der Waals surface area contributed by atoms with Crippen molar-refractivity contribution in [2.75, 3.05) is 45.4 Å². The molecule has 0 saturated heterocycles. The number of para-hydroxylation sites is 1. The van der Waals surface area contributed by atoms with Crippen molar-refractivity contribution in [1.82, 2.24) is 0 Å². The Morgan fingerprint density at radius 2 is 1.95 bits per heavy atom. The van der Waals surface area contributed by atoms with E-state index in [0.717, 1.165) is 17.7 Å². The summed E-state index contributed by atoms with van der Waals surface area (Å²) >= 11 is 0. The van der Waals surface area contributed by atoms with Crippen LogP contribution in [0.15, 0.2) is 24.3 Å². The minimum atomic E-state index is -0.212. The summed E-state index contributed by atoms with van der Waals surface area (Å²) in [6.07, 6.45) is 1.20. The lowest BCUT2D eigenvalue weighted by molar-refractivity contribution is -0.144. The van der Waals surface area contributed by atoms with Crippen molar-refractivity contribution in [3.8, 4) is 0 Å². The van der Waals surface area contributed by atoms with E-state index in [-0.39, 0.29) is 5.97 Å². The summed E-state index contributed by atoms with van der Waals surface area (Å²) in [5.74, 6) is -0.212. The van der Waals surface area contributed by atoms with Crippen LogP contribution in [0.5, 0.6) is 0 Å². The molecular formula is C16H25NO4. The molecule has 0 fully saturated rings. The molecule has 0 radical (unpaired) electrons. The van der Waals surface area contributed by atoms with E-state index in [1.54, 1.807) is 7.11 Å². The molecule has 5 heteroatoms. The van der Waals surface area contributed by atoms with Crippen LogP contribution in [0, 0.1) is 6.92 Å². The van der Waals surface area contributed by atoms with Gasteiger partial charge in [-0.05, 0) is 25.0 Å². The number of carbonyl (C=O) groups is 1. The highest BCUT2D eigenvalue weighted by Crippen LogP contribution is 2.12. The van der Waals surface area contributed by atoms with Gasteiger partial charge in [-0.15, -0.1) is 0 Å². The quantitative estimate of drug-likeness (QED) is 0.502. The van der Waals surface area contributed by atoms with Gasteiger partial charge < -0.3 is 19.5 Å². The predicted octanol–water partition coefficient (Wildman–Crippen LogP) is 2.39. The topological polar surface area (TPSA) is 56.8 Å². The first-order valence-electron chi connectivity index (χ1n) is 7.26. The van der Waals surface area contributed by atoms with Gasteiger partial charge in [-0.25, -0.2) is 0 Å².